The molecule has 2 rings (SSSR count). The van der Waals surface area contributed by atoms with E-state index in [0.717, 1.165) is 32.8 Å². The van der Waals surface area contributed by atoms with Gasteiger partial charge in [-0.15, -0.1) is 0 Å². The molecule has 1 aromatic carbocycles. The van der Waals surface area contributed by atoms with E-state index in [1.54, 1.807) is 19.5 Å². The van der Waals surface area contributed by atoms with Crippen LogP contribution in [-0.2, 0) is 0 Å². The third kappa shape index (κ3) is 4.05. The summed E-state index contributed by atoms with van der Waals surface area (Å²) in [7, 11) is 1.60. The van der Waals surface area contributed by atoms with Gasteiger partial charge < -0.3 is 10.1 Å². The molecule has 0 saturated carbocycles. The van der Waals surface area contributed by atoms with Crippen LogP contribution in [0.3, 0.4) is 0 Å². The van der Waals surface area contributed by atoms with Crippen LogP contribution in [0.5, 0.6) is 5.88 Å². The van der Waals surface area contributed by atoms with Crippen molar-refractivity contribution >= 4 is 34.2 Å². The monoisotopic (exact) mass is 417 g/mol. The van der Waals surface area contributed by atoms with Crippen LogP contribution in [0.1, 0.15) is 30.6 Å². The molecule has 1 atom stereocenters. The van der Waals surface area contributed by atoms with E-state index in [-0.39, 0.29) is 6.04 Å². The number of hydrogen-bond donors (Lipinski definition) is 1. The standard InChI is InChI=1S/C15H17ClIN3O/c1-3-6-18-13(10-4-5-12(17)11(16)9-10)14-15(21-2)20-8-7-19-14/h4-5,7-9,13,18H,3,6H2,1-2H3. The summed E-state index contributed by atoms with van der Waals surface area (Å²) in [5, 5.41) is 4.22. The summed E-state index contributed by atoms with van der Waals surface area (Å²) < 4.78 is 6.36. The molecule has 112 valence electrons. The molecule has 0 bridgehead atoms. The molecule has 1 N–H and O–H groups in total. The fourth-order valence-electron chi connectivity index (χ4n) is 2.04. The molecule has 1 unspecified atom stereocenters. The molecular formula is C15H17ClIN3O. The van der Waals surface area contributed by atoms with Crippen LogP contribution in [-0.4, -0.2) is 23.6 Å². The van der Waals surface area contributed by atoms with Crippen molar-refractivity contribution in [3.63, 3.8) is 0 Å². The van der Waals surface area contributed by atoms with Gasteiger partial charge in [0.15, 0.2) is 0 Å². The van der Waals surface area contributed by atoms with E-state index in [9.17, 15) is 0 Å². The number of rotatable bonds is 6. The first-order chi connectivity index (χ1) is 10.2. The van der Waals surface area contributed by atoms with Crippen molar-refractivity contribution in [3.8, 4) is 5.88 Å². The molecule has 1 aromatic heterocycles. The van der Waals surface area contributed by atoms with E-state index in [1.165, 1.54) is 0 Å². The Balaban J connectivity index is 2.44. The third-order valence-corrected chi connectivity index (χ3v) is 4.61. The summed E-state index contributed by atoms with van der Waals surface area (Å²) in [6.45, 7) is 2.99. The second-order valence-corrected chi connectivity index (χ2v) is 6.08. The summed E-state index contributed by atoms with van der Waals surface area (Å²) in [5.41, 5.74) is 1.82. The highest BCUT2D eigenvalue weighted by Gasteiger charge is 2.20. The van der Waals surface area contributed by atoms with E-state index in [1.807, 2.05) is 12.1 Å². The molecule has 0 fully saturated rings. The van der Waals surface area contributed by atoms with Crippen molar-refractivity contribution in [2.45, 2.75) is 19.4 Å². The van der Waals surface area contributed by atoms with E-state index < -0.39 is 0 Å². The number of methoxy groups -OCH3 is 1. The Morgan fingerprint density at radius 1 is 1.33 bits per heavy atom. The number of benzene rings is 1. The average Bonchev–Trinajstić information content (AvgIpc) is 2.51. The molecule has 0 saturated heterocycles. The lowest BCUT2D eigenvalue weighted by Gasteiger charge is -2.20. The average molecular weight is 418 g/mol. The summed E-state index contributed by atoms with van der Waals surface area (Å²) in [4.78, 5) is 8.67. The fourth-order valence-corrected chi connectivity index (χ4v) is 2.57. The molecule has 6 heteroatoms. The van der Waals surface area contributed by atoms with Crippen LogP contribution in [0.2, 0.25) is 5.02 Å². The Kier molecular flexibility index (Phi) is 6.20. The van der Waals surface area contributed by atoms with Crippen LogP contribution in [0.15, 0.2) is 30.6 Å². The zero-order valence-electron chi connectivity index (χ0n) is 11.9. The lowest BCUT2D eigenvalue weighted by atomic mass is 10.0. The molecule has 4 nitrogen and oxygen atoms in total. The molecule has 0 aliphatic carbocycles. The molecule has 0 aliphatic heterocycles. The molecule has 2 aromatic rings. The van der Waals surface area contributed by atoms with Crippen molar-refractivity contribution in [2.75, 3.05) is 13.7 Å². The van der Waals surface area contributed by atoms with Gasteiger partial charge >= 0.3 is 0 Å². The van der Waals surface area contributed by atoms with E-state index in [0.29, 0.717) is 5.88 Å². The number of halogens is 2. The highest BCUT2D eigenvalue weighted by molar-refractivity contribution is 14.1. The van der Waals surface area contributed by atoms with Crippen molar-refractivity contribution in [1.82, 2.24) is 15.3 Å². The molecule has 0 aliphatic rings. The van der Waals surface area contributed by atoms with Crippen molar-refractivity contribution in [2.24, 2.45) is 0 Å². The Morgan fingerprint density at radius 3 is 2.76 bits per heavy atom. The minimum absolute atomic E-state index is 0.0944. The zero-order chi connectivity index (χ0) is 15.2. The predicted molar refractivity (Wildman–Crippen MR) is 92.9 cm³/mol. The SMILES string of the molecule is CCCNC(c1ccc(I)c(Cl)c1)c1nccnc1OC. The van der Waals surface area contributed by atoms with Gasteiger partial charge in [0.25, 0.3) is 0 Å². The maximum absolute atomic E-state index is 6.25. The summed E-state index contributed by atoms with van der Waals surface area (Å²) in [5.74, 6) is 0.528. The van der Waals surface area contributed by atoms with E-state index >= 15 is 0 Å². The van der Waals surface area contributed by atoms with Gasteiger partial charge in [0.1, 0.15) is 5.69 Å². The molecule has 1 heterocycles. The second kappa shape index (κ2) is 7.91. The maximum Gasteiger partial charge on any atom is 0.237 e. The minimum atomic E-state index is -0.0944. The number of hydrogen-bond acceptors (Lipinski definition) is 4. The molecule has 0 amide bonds. The molecular weight excluding hydrogens is 401 g/mol. The first kappa shape index (κ1) is 16.5. The quantitative estimate of drug-likeness (QED) is 0.726. The minimum Gasteiger partial charge on any atom is -0.480 e. The number of ether oxygens (including phenoxy) is 1. The highest BCUT2D eigenvalue weighted by Crippen LogP contribution is 2.29. The van der Waals surface area contributed by atoms with Gasteiger partial charge in [-0.1, -0.05) is 24.6 Å². The van der Waals surface area contributed by atoms with Crippen LogP contribution >= 0.6 is 34.2 Å². The largest absolute Gasteiger partial charge is 0.480 e. The Bertz CT molecular complexity index is 609. The van der Waals surface area contributed by atoms with Gasteiger partial charge in [-0.3, -0.25) is 4.98 Å². The van der Waals surface area contributed by atoms with Gasteiger partial charge in [-0.25, -0.2) is 4.98 Å². The van der Waals surface area contributed by atoms with Gasteiger partial charge in [-0.2, -0.15) is 0 Å². The third-order valence-electron chi connectivity index (χ3n) is 3.03. The number of aromatic nitrogens is 2. The molecule has 0 spiro atoms. The highest BCUT2D eigenvalue weighted by atomic mass is 127. The lowest BCUT2D eigenvalue weighted by molar-refractivity contribution is 0.382. The maximum atomic E-state index is 6.25. The Morgan fingerprint density at radius 2 is 2.10 bits per heavy atom. The first-order valence-electron chi connectivity index (χ1n) is 6.70. The fraction of sp³-hybridized carbons (Fsp3) is 0.333. The Hall–Kier alpha value is -0.920. The number of nitrogens with zero attached hydrogens (tertiary/aromatic N) is 2. The van der Waals surface area contributed by atoms with Crippen LogP contribution in [0.4, 0.5) is 0 Å². The first-order valence-corrected chi connectivity index (χ1v) is 8.16. The predicted octanol–water partition coefficient (Wildman–Crippen LogP) is 3.83. The molecule has 0 radical (unpaired) electrons. The van der Waals surface area contributed by atoms with E-state index in [4.69, 9.17) is 16.3 Å². The summed E-state index contributed by atoms with van der Waals surface area (Å²) in [6.07, 6.45) is 4.32. The smallest absolute Gasteiger partial charge is 0.237 e. The summed E-state index contributed by atoms with van der Waals surface area (Å²) in [6, 6.07) is 5.92. The Labute approximate surface area is 143 Å². The van der Waals surface area contributed by atoms with Crippen LogP contribution in [0, 0.1) is 3.57 Å². The van der Waals surface area contributed by atoms with Gasteiger partial charge in [-0.05, 0) is 53.3 Å². The zero-order valence-corrected chi connectivity index (χ0v) is 14.9. The lowest BCUT2D eigenvalue weighted by Crippen LogP contribution is -2.25. The van der Waals surface area contributed by atoms with Crippen molar-refractivity contribution in [1.29, 1.82) is 0 Å². The second-order valence-electron chi connectivity index (χ2n) is 4.51. The van der Waals surface area contributed by atoms with Gasteiger partial charge in [0, 0.05) is 16.0 Å². The van der Waals surface area contributed by atoms with Crippen LogP contribution in [0.25, 0.3) is 0 Å². The van der Waals surface area contributed by atoms with Crippen LogP contribution < -0.4 is 10.1 Å². The topological polar surface area (TPSA) is 47.0 Å². The van der Waals surface area contributed by atoms with E-state index in [2.05, 4.69) is 50.9 Å². The van der Waals surface area contributed by atoms with Gasteiger partial charge in [0.05, 0.1) is 18.2 Å². The number of nitrogens with one attached hydrogen (secondary N) is 1. The van der Waals surface area contributed by atoms with Crippen molar-refractivity contribution < 1.29 is 4.74 Å². The van der Waals surface area contributed by atoms with Gasteiger partial charge in [0.2, 0.25) is 5.88 Å². The molecule has 21 heavy (non-hydrogen) atoms. The van der Waals surface area contributed by atoms with Crippen molar-refractivity contribution in [3.05, 3.63) is 50.4 Å². The summed E-state index contributed by atoms with van der Waals surface area (Å²) >= 11 is 8.47. The normalized spacial score (nSPS) is 12.2.